The van der Waals surface area contributed by atoms with E-state index in [1.54, 1.807) is 0 Å². The lowest BCUT2D eigenvalue weighted by atomic mass is 10.3. The van der Waals surface area contributed by atoms with Crippen LogP contribution in [0.15, 0.2) is 0 Å². The Hall–Kier alpha value is -0.610. The van der Waals surface area contributed by atoms with Gasteiger partial charge in [-0.3, -0.25) is 9.69 Å². The molecule has 2 fully saturated rings. The second-order valence-corrected chi connectivity index (χ2v) is 5.02. The standard InChI is InChI=1S/C12H23N3O/c1-13-9-10-15(12(16)11-13)8-4-7-14-5-2-3-6-14/h2-11H2,1H3. The quantitative estimate of drug-likeness (QED) is 0.686. The maximum absolute atomic E-state index is 11.7. The molecule has 0 spiro atoms. The normalized spacial score (nSPS) is 24.3. The summed E-state index contributed by atoms with van der Waals surface area (Å²) in [5.41, 5.74) is 0. The van der Waals surface area contributed by atoms with E-state index >= 15 is 0 Å². The first-order valence-electron chi connectivity index (χ1n) is 6.44. The van der Waals surface area contributed by atoms with Crippen molar-refractivity contribution < 1.29 is 4.79 Å². The molecular formula is C12H23N3O. The average Bonchev–Trinajstić information content (AvgIpc) is 2.74. The second-order valence-electron chi connectivity index (χ2n) is 5.02. The van der Waals surface area contributed by atoms with Gasteiger partial charge in [-0.05, 0) is 45.9 Å². The van der Waals surface area contributed by atoms with Gasteiger partial charge in [-0.25, -0.2) is 0 Å². The van der Waals surface area contributed by atoms with Crippen LogP contribution >= 0.6 is 0 Å². The van der Waals surface area contributed by atoms with Crippen LogP contribution in [-0.2, 0) is 4.79 Å². The fourth-order valence-corrected chi connectivity index (χ4v) is 2.55. The molecule has 0 saturated carbocycles. The van der Waals surface area contributed by atoms with Gasteiger partial charge >= 0.3 is 0 Å². The molecule has 0 bridgehead atoms. The molecule has 2 saturated heterocycles. The van der Waals surface area contributed by atoms with E-state index in [1.807, 2.05) is 11.9 Å². The highest BCUT2D eigenvalue weighted by molar-refractivity contribution is 5.78. The third-order valence-corrected chi connectivity index (χ3v) is 3.61. The lowest BCUT2D eigenvalue weighted by Gasteiger charge is -2.32. The van der Waals surface area contributed by atoms with Gasteiger partial charge in [0.25, 0.3) is 0 Å². The van der Waals surface area contributed by atoms with E-state index in [2.05, 4.69) is 9.80 Å². The van der Waals surface area contributed by atoms with Crippen LogP contribution in [0, 0.1) is 0 Å². The molecule has 0 aromatic carbocycles. The van der Waals surface area contributed by atoms with Crippen molar-refractivity contribution in [1.29, 1.82) is 0 Å². The van der Waals surface area contributed by atoms with Crippen LogP contribution < -0.4 is 0 Å². The molecule has 1 amide bonds. The third-order valence-electron chi connectivity index (χ3n) is 3.61. The summed E-state index contributed by atoms with van der Waals surface area (Å²) in [4.78, 5) is 18.3. The molecule has 4 nitrogen and oxygen atoms in total. The van der Waals surface area contributed by atoms with Gasteiger partial charge in [-0.15, -0.1) is 0 Å². The van der Waals surface area contributed by atoms with Gasteiger partial charge in [-0.2, -0.15) is 0 Å². The van der Waals surface area contributed by atoms with Gasteiger partial charge in [0.15, 0.2) is 0 Å². The van der Waals surface area contributed by atoms with Crippen molar-refractivity contribution in [2.75, 3.05) is 52.9 Å². The van der Waals surface area contributed by atoms with Crippen molar-refractivity contribution in [1.82, 2.24) is 14.7 Å². The van der Waals surface area contributed by atoms with Crippen LogP contribution in [-0.4, -0.2) is 73.5 Å². The highest BCUT2D eigenvalue weighted by Gasteiger charge is 2.21. The number of carbonyl (C=O) groups is 1. The molecule has 0 radical (unpaired) electrons. The van der Waals surface area contributed by atoms with Gasteiger partial charge in [0, 0.05) is 19.6 Å². The monoisotopic (exact) mass is 225 g/mol. The Kier molecular flexibility index (Phi) is 4.18. The zero-order valence-electron chi connectivity index (χ0n) is 10.3. The molecule has 2 heterocycles. The molecule has 2 rings (SSSR count). The second kappa shape index (κ2) is 5.64. The summed E-state index contributed by atoms with van der Waals surface area (Å²) in [6, 6.07) is 0. The Labute approximate surface area is 98.2 Å². The summed E-state index contributed by atoms with van der Waals surface area (Å²) < 4.78 is 0. The van der Waals surface area contributed by atoms with Crippen LogP contribution in [0.3, 0.4) is 0 Å². The van der Waals surface area contributed by atoms with Crippen LogP contribution in [0.2, 0.25) is 0 Å². The SMILES string of the molecule is CN1CCN(CCCN2CCCC2)C(=O)C1. The summed E-state index contributed by atoms with van der Waals surface area (Å²) in [5, 5.41) is 0. The van der Waals surface area contributed by atoms with E-state index < -0.39 is 0 Å². The van der Waals surface area contributed by atoms with Crippen molar-refractivity contribution in [2.45, 2.75) is 19.3 Å². The number of hydrogen-bond acceptors (Lipinski definition) is 3. The van der Waals surface area contributed by atoms with Gasteiger partial charge in [0.1, 0.15) is 0 Å². The average molecular weight is 225 g/mol. The third kappa shape index (κ3) is 3.19. The number of piperazine rings is 1. The van der Waals surface area contributed by atoms with E-state index in [1.165, 1.54) is 32.5 Å². The number of rotatable bonds is 4. The largest absolute Gasteiger partial charge is 0.340 e. The Balaban J connectivity index is 1.63. The molecule has 0 aromatic rings. The summed E-state index contributed by atoms with van der Waals surface area (Å²) >= 11 is 0. The maximum Gasteiger partial charge on any atom is 0.236 e. The molecule has 0 N–H and O–H groups in total. The minimum atomic E-state index is 0.301. The number of nitrogens with zero attached hydrogens (tertiary/aromatic N) is 3. The maximum atomic E-state index is 11.7. The molecule has 0 aliphatic carbocycles. The van der Waals surface area contributed by atoms with Crippen molar-refractivity contribution in [2.24, 2.45) is 0 Å². The van der Waals surface area contributed by atoms with Crippen molar-refractivity contribution in [3.05, 3.63) is 0 Å². The highest BCUT2D eigenvalue weighted by Crippen LogP contribution is 2.08. The molecule has 2 aliphatic rings. The number of amides is 1. The number of likely N-dealkylation sites (N-methyl/N-ethyl adjacent to an activating group) is 1. The van der Waals surface area contributed by atoms with Crippen LogP contribution in [0.5, 0.6) is 0 Å². The topological polar surface area (TPSA) is 26.8 Å². The number of hydrogen-bond donors (Lipinski definition) is 0. The highest BCUT2D eigenvalue weighted by atomic mass is 16.2. The van der Waals surface area contributed by atoms with Crippen LogP contribution in [0.1, 0.15) is 19.3 Å². The smallest absolute Gasteiger partial charge is 0.236 e. The Morgan fingerprint density at radius 1 is 1.06 bits per heavy atom. The molecular weight excluding hydrogens is 202 g/mol. The minimum Gasteiger partial charge on any atom is -0.340 e. The molecule has 0 aromatic heterocycles. The van der Waals surface area contributed by atoms with E-state index in [0.29, 0.717) is 12.5 Å². The number of likely N-dealkylation sites (tertiary alicyclic amines) is 1. The predicted octanol–water partition coefficient (Wildman–Crippen LogP) is 0.246. The fraction of sp³-hybridized carbons (Fsp3) is 0.917. The van der Waals surface area contributed by atoms with Crippen molar-refractivity contribution in [3.63, 3.8) is 0 Å². The number of carbonyl (C=O) groups excluding carboxylic acids is 1. The molecule has 0 unspecified atom stereocenters. The Morgan fingerprint density at radius 3 is 2.50 bits per heavy atom. The summed E-state index contributed by atoms with van der Waals surface area (Å²) in [6.07, 6.45) is 3.84. The Morgan fingerprint density at radius 2 is 1.81 bits per heavy atom. The predicted molar refractivity (Wildman–Crippen MR) is 64.4 cm³/mol. The molecule has 4 heteroatoms. The van der Waals surface area contributed by atoms with Crippen LogP contribution in [0.4, 0.5) is 0 Å². The van der Waals surface area contributed by atoms with Gasteiger partial charge < -0.3 is 9.80 Å². The Bertz CT molecular complexity index is 238. The lowest BCUT2D eigenvalue weighted by molar-refractivity contribution is -0.135. The summed E-state index contributed by atoms with van der Waals surface area (Å²) in [7, 11) is 2.01. The first-order valence-corrected chi connectivity index (χ1v) is 6.44. The molecule has 0 atom stereocenters. The van der Waals surface area contributed by atoms with E-state index in [4.69, 9.17) is 0 Å². The van der Waals surface area contributed by atoms with Crippen LogP contribution in [0.25, 0.3) is 0 Å². The van der Waals surface area contributed by atoms with E-state index in [-0.39, 0.29) is 0 Å². The molecule has 16 heavy (non-hydrogen) atoms. The van der Waals surface area contributed by atoms with Gasteiger partial charge in [-0.1, -0.05) is 0 Å². The first-order chi connectivity index (χ1) is 7.75. The zero-order chi connectivity index (χ0) is 11.4. The summed E-state index contributed by atoms with van der Waals surface area (Å²) in [6.45, 7) is 7.17. The van der Waals surface area contributed by atoms with Gasteiger partial charge in [0.2, 0.25) is 5.91 Å². The van der Waals surface area contributed by atoms with Gasteiger partial charge in [0.05, 0.1) is 6.54 Å². The zero-order valence-corrected chi connectivity index (χ0v) is 10.3. The fourth-order valence-electron chi connectivity index (χ4n) is 2.55. The van der Waals surface area contributed by atoms with Crippen molar-refractivity contribution >= 4 is 5.91 Å². The lowest BCUT2D eigenvalue weighted by Crippen LogP contribution is -2.49. The first kappa shape index (κ1) is 11.9. The molecule has 92 valence electrons. The van der Waals surface area contributed by atoms with E-state index in [0.717, 1.165) is 26.1 Å². The minimum absolute atomic E-state index is 0.301. The summed E-state index contributed by atoms with van der Waals surface area (Å²) in [5.74, 6) is 0.301. The van der Waals surface area contributed by atoms with Crippen molar-refractivity contribution in [3.8, 4) is 0 Å². The molecule has 2 aliphatic heterocycles. The van der Waals surface area contributed by atoms with E-state index in [9.17, 15) is 4.79 Å².